The number of carboxylic acids is 1. The van der Waals surface area contributed by atoms with Gasteiger partial charge in [-0.1, -0.05) is 65.7 Å². The number of hydrogen-bond donors (Lipinski definition) is 2. The van der Waals surface area contributed by atoms with Crippen molar-refractivity contribution in [2.45, 2.75) is 12.7 Å². The summed E-state index contributed by atoms with van der Waals surface area (Å²) in [5, 5.41) is 11.5. The average Bonchev–Trinajstić information content (AvgIpc) is 2.77. The Kier molecular flexibility index (Phi) is 9.72. The first-order chi connectivity index (χ1) is 15.6. The Morgan fingerprint density at radius 1 is 0.879 bits per heavy atom. The predicted molar refractivity (Wildman–Crippen MR) is 122 cm³/mol. The van der Waals surface area contributed by atoms with Crippen molar-refractivity contribution in [1.82, 2.24) is 5.32 Å². The van der Waals surface area contributed by atoms with Crippen molar-refractivity contribution >= 4 is 46.5 Å². The molecule has 5 nitrogen and oxygen atoms in total. The molecule has 3 aromatic carbocycles. The van der Waals surface area contributed by atoms with E-state index in [0.29, 0.717) is 16.6 Å². The van der Waals surface area contributed by atoms with Crippen molar-refractivity contribution in [2.24, 2.45) is 0 Å². The van der Waals surface area contributed by atoms with Crippen molar-refractivity contribution in [2.75, 3.05) is 11.4 Å². The zero-order valence-electron chi connectivity index (χ0n) is 17.0. The summed E-state index contributed by atoms with van der Waals surface area (Å²) in [5.41, 5.74) is 2.56. The van der Waals surface area contributed by atoms with Gasteiger partial charge in [-0.15, -0.1) is 0 Å². The van der Waals surface area contributed by atoms with Gasteiger partial charge in [0.05, 0.1) is 6.54 Å². The van der Waals surface area contributed by atoms with Gasteiger partial charge in [-0.05, 0) is 42.0 Å². The van der Waals surface area contributed by atoms with Crippen molar-refractivity contribution in [3.8, 4) is 0 Å². The fraction of sp³-hybridized carbons (Fsp3) is 0.130. The molecule has 0 radical (unpaired) electrons. The van der Waals surface area contributed by atoms with Crippen LogP contribution >= 0.6 is 23.2 Å². The van der Waals surface area contributed by atoms with Gasteiger partial charge in [0.1, 0.15) is 0 Å². The number of carboxylic acid groups (broad SMARTS) is 1. The molecule has 3 rings (SSSR count). The summed E-state index contributed by atoms with van der Waals surface area (Å²) in [6, 6.07) is 24.5. The lowest BCUT2D eigenvalue weighted by Crippen LogP contribution is -2.35. The van der Waals surface area contributed by atoms with Gasteiger partial charge in [0.15, 0.2) is 0 Å². The number of alkyl halides is 3. The third-order valence-electron chi connectivity index (χ3n) is 4.13. The molecule has 174 valence electrons. The monoisotopic (exact) mass is 498 g/mol. The molecule has 0 aromatic heterocycles. The second kappa shape index (κ2) is 12.2. The molecule has 0 spiro atoms. The predicted octanol–water partition coefficient (Wildman–Crippen LogP) is 6.08. The molecule has 0 heterocycles. The number of nitrogens with one attached hydrogen (secondary N) is 1. The summed E-state index contributed by atoms with van der Waals surface area (Å²) in [6.07, 6.45) is -5.08. The van der Waals surface area contributed by atoms with Crippen molar-refractivity contribution in [1.29, 1.82) is 0 Å². The van der Waals surface area contributed by atoms with E-state index in [0.717, 1.165) is 16.9 Å². The fourth-order valence-corrected chi connectivity index (χ4v) is 3.11. The number of nitrogens with zero attached hydrogens (tertiary/aromatic N) is 1. The SMILES string of the molecule is O=C(CNCc1ccc(Cl)cc1Cl)N(c1ccccc1)c1ccccc1.O=C(O)C(F)(F)F. The molecule has 0 unspecified atom stereocenters. The number of carbonyl (C=O) groups is 2. The molecule has 0 saturated heterocycles. The number of rotatable bonds is 6. The van der Waals surface area contributed by atoms with Crippen LogP contribution < -0.4 is 10.2 Å². The molecule has 0 atom stereocenters. The van der Waals surface area contributed by atoms with Crippen LogP contribution in [0.4, 0.5) is 24.5 Å². The van der Waals surface area contributed by atoms with Crippen LogP contribution in [0.5, 0.6) is 0 Å². The van der Waals surface area contributed by atoms with Crippen LogP contribution in [-0.2, 0) is 16.1 Å². The minimum atomic E-state index is -5.08. The minimum absolute atomic E-state index is 0.0486. The van der Waals surface area contributed by atoms with E-state index in [4.69, 9.17) is 33.1 Å². The highest BCUT2D eigenvalue weighted by atomic mass is 35.5. The standard InChI is InChI=1S/C21H18Cl2N2O.C2HF3O2/c22-17-12-11-16(20(23)13-17)14-24-15-21(26)25(18-7-3-1-4-8-18)19-9-5-2-6-10-19;3-2(4,5)1(6)7/h1-13,24H,14-15H2;(H,6,7). The number of para-hydroxylation sites is 2. The Balaban J connectivity index is 0.000000479. The Hall–Kier alpha value is -3.07. The summed E-state index contributed by atoms with van der Waals surface area (Å²) in [7, 11) is 0. The van der Waals surface area contributed by atoms with Gasteiger partial charge >= 0.3 is 12.1 Å². The maximum atomic E-state index is 12.9. The fourth-order valence-electron chi connectivity index (χ4n) is 2.64. The quantitative estimate of drug-likeness (QED) is 0.431. The van der Waals surface area contributed by atoms with Gasteiger partial charge in [0, 0.05) is 28.0 Å². The van der Waals surface area contributed by atoms with Gasteiger partial charge < -0.3 is 10.4 Å². The first-order valence-electron chi connectivity index (χ1n) is 9.47. The molecule has 0 saturated carbocycles. The van der Waals surface area contributed by atoms with Gasteiger partial charge in [-0.25, -0.2) is 4.79 Å². The Morgan fingerprint density at radius 3 is 1.79 bits per heavy atom. The van der Waals surface area contributed by atoms with Crippen LogP contribution in [0.2, 0.25) is 10.0 Å². The van der Waals surface area contributed by atoms with Gasteiger partial charge in [-0.2, -0.15) is 13.2 Å². The zero-order valence-corrected chi connectivity index (χ0v) is 18.5. The maximum Gasteiger partial charge on any atom is 0.490 e. The van der Waals surface area contributed by atoms with Crippen molar-refractivity contribution in [3.05, 3.63) is 94.5 Å². The van der Waals surface area contributed by atoms with Crippen LogP contribution in [0, 0.1) is 0 Å². The first kappa shape index (κ1) is 26.2. The lowest BCUT2D eigenvalue weighted by atomic mass is 10.2. The van der Waals surface area contributed by atoms with Crippen LogP contribution in [-0.4, -0.2) is 29.7 Å². The smallest absolute Gasteiger partial charge is 0.475 e. The number of halogens is 5. The Labute approximate surface area is 198 Å². The van der Waals surface area contributed by atoms with E-state index < -0.39 is 12.1 Å². The molecule has 10 heteroatoms. The molecule has 1 amide bonds. The molecule has 0 bridgehead atoms. The number of aliphatic carboxylic acids is 1. The van der Waals surface area contributed by atoms with Crippen LogP contribution in [0.1, 0.15) is 5.56 Å². The van der Waals surface area contributed by atoms with E-state index in [2.05, 4.69) is 5.32 Å². The number of amides is 1. The molecule has 3 aromatic rings. The number of anilines is 2. The Bertz CT molecular complexity index is 1030. The van der Waals surface area contributed by atoms with E-state index in [1.54, 1.807) is 17.0 Å². The number of benzene rings is 3. The van der Waals surface area contributed by atoms with Crippen molar-refractivity contribution in [3.63, 3.8) is 0 Å². The van der Waals surface area contributed by atoms with Gasteiger partial charge in [0.25, 0.3) is 0 Å². The molecular formula is C23H19Cl2F3N2O3. The maximum absolute atomic E-state index is 12.9. The highest BCUT2D eigenvalue weighted by molar-refractivity contribution is 6.35. The highest BCUT2D eigenvalue weighted by Gasteiger charge is 2.38. The lowest BCUT2D eigenvalue weighted by Gasteiger charge is -2.23. The lowest BCUT2D eigenvalue weighted by molar-refractivity contribution is -0.192. The number of hydrogen-bond acceptors (Lipinski definition) is 3. The van der Waals surface area contributed by atoms with E-state index in [1.807, 2.05) is 66.7 Å². The van der Waals surface area contributed by atoms with Crippen molar-refractivity contribution < 1.29 is 27.9 Å². The summed E-state index contributed by atoms with van der Waals surface area (Å²) in [6.45, 7) is 0.669. The topological polar surface area (TPSA) is 69.6 Å². The van der Waals surface area contributed by atoms with Gasteiger partial charge in [-0.3, -0.25) is 9.69 Å². The molecule has 0 fully saturated rings. The number of carbonyl (C=O) groups excluding carboxylic acids is 1. The normalized spacial score (nSPS) is 10.7. The third kappa shape index (κ3) is 8.42. The van der Waals surface area contributed by atoms with Crippen LogP contribution in [0.3, 0.4) is 0 Å². The van der Waals surface area contributed by atoms with Gasteiger partial charge in [0.2, 0.25) is 5.91 Å². The van der Waals surface area contributed by atoms with Crippen LogP contribution in [0.15, 0.2) is 78.9 Å². The van der Waals surface area contributed by atoms with E-state index >= 15 is 0 Å². The summed E-state index contributed by atoms with van der Waals surface area (Å²) >= 11 is 12.1. The van der Waals surface area contributed by atoms with E-state index in [-0.39, 0.29) is 12.5 Å². The molecule has 0 aliphatic rings. The molecule has 2 N–H and O–H groups in total. The summed E-state index contributed by atoms with van der Waals surface area (Å²) < 4.78 is 31.7. The van der Waals surface area contributed by atoms with Crippen LogP contribution in [0.25, 0.3) is 0 Å². The summed E-state index contributed by atoms with van der Waals surface area (Å²) in [4.78, 5) is 23.5. The largest absolute Gasteiger partial charge is 0.490 e. The second-order valence-electron chi connectivity index (χ2n) is 6.54. The van der Waals surface area contributed by atoms with E-state index in [9.17, 15) is 18.0 Å². The second-order valence-corrected chi connectivity index (χ2v) is 7.39. The molecule has 0 aliphatic carbocycles. The summed E-state index contributed by atoms with van der Waals surface area (Å²) in [5.74, 6) is -2.81. The average molecular weight is 499 g/mol. The molecule has 33 heavy (non-hydrogen) atoms. The molecule has 0 aliphatic heterocycles. The minimum Gasteiger partial charge on any atom is -0.475 e. The highest BCUT2D eigenvalue weighted by Crippen LogP contribution is 2.25. The van der Waals surface area contributed by atoms with E-state index in [1.165, 1.54) is 0 Å². The molecular weight excluding hydrogens is 480 g/mol. The third-order valence-corrected chi connectivity index (χ3v) is 4.71. The zero-order chi connectivity index (χ0) is 24.4. The first-order valence-corrected chi connectivity index (χ1v) is 10.2. The Morgan fingerprint density at radius 2 is 1.36 bits per heavy atom.